The maximum atomic E-state index is 10.0. The minimum atomic E-state index is -0.252. The van der Waals surface area contributed by atoms with Crippen molar-refractivity contribution in [3.05, 3.63) is 22.4 Å². The Balaban J connectivity index is 1.99. The summed E-state index contributed by atoms with van der Waals surface area (Å²) >= 11 is 5.51. The number of hydrogen-bond donors (Lipinski definition) is 1. The molecule has 72 valence electrons. The van der Waals surface area contributed by atoms with Crippen molar-refractivity contribution in [1.82, 2.24) is 0 Å². The topological polar surface area (TPSA) is 20.2 Å². The van der Waals surface area contributed by atoms with Gasteiger partial charge in [0.2, 0.25) is 0 Å². The van der Waals surface area contributed by atoms with E-state index in [0.29, 0.717) is 5.25 Å². The van der Waals surface area contributed by atoms with Crippen LogP contribution in [0.5, 0.6) is 0 Å². The van der Waals surface area contributed by atoms with Crippen molar-refractivity contribution in [2.45, 2.75) is 11.4 Å². The molecule has 1 nitrogen and oxygen atoms in total. The van der Waals surface area contributed by atoms with E-state index in [0.717, 1.165) is 10.6 Å². The lowest BCUT2D eigenvalue weighted by atomic mass is 10.2. The quantitative estimate of drug-likeness (QED) is 0.846. The molecule has 1 aromatic heterocycles. The third-order valence-electron chi connectivity index (χ3n) is 2.03. The normalized spacial score (nSPS) is 25.8. The van der Waals surface area contributed by atoms with E-state index in [-0.39, 0.29) is 6.10 Å². The van der Waals surface area contributed by atoms with E-state index in [1.807, 2.05) is 41.0 Å². The first-order valence-corrected chi connectivity index (χ1v) is 7.37. The van der Waals surface area contributed by atoms with Gasteiger partial charge in [-0.2, -0.15) is 23.5 Å². The molecule has 2 atom stereocenters. The number of hydrogen-bond acceptors (Lipinski definition) is 4. The Morgan fingerprint density at radius 1 is 1.46 bits per heavy atom. The number of aliphatic hydroxyl groups excluding tert-OH is 1. The SMILES string of the molecule is OC(c1cccs1)C1CSCCS1. The first-order valence-electron chi connectivity index (χ1n) is 4.29. The Kier molecular flexibility index (Phi) is 3.60. The molecule has 0 amide bonds. The van der Waals surface area contributed by atoms with Gasteiger partial charge in [-0.3, -0.25) is 0 Å². The van der Waals surface area contributed by atoms with E-state index >= 15 is 0 Å². The van der Waals surface area contributed by atoms with Crippen molar-refractivity contribution in [2.24, 2.45) is 0 Å². The lowest BCUT2D eigenvalue weighted by molar-refractivity contribution is 0.184. The molecular formula is C9H12OS3. The van der Waals surface area contributed by atoms with E-state index in [1.165, 1.54) is 11.5 Å². The highest BCUT2D eigenvalue weighted by molar-refractivity contribution is 8.06. The second-order valence-electron chi connectivity index (χ2n) is 2.94. The van der Waals surface area contributed by atoms with Crippen molar-refractivity contribution >= 4 is 34.9 Å². The van der Waals surface area contributed by atoms with Crippen LogP contribution in [0.2, 0.25) is 0 Å². The molecule has 0 radical (unpaired) electrons. The van der Waals surface area contributed by atoms with Gasteiger partial charge in [0.05, 0.1) is 0 Å². The maximum Gasteiger partial charge on any atom is 0.101 e. The third kappa shape index (κ3) is 2.43. The van der Waals surface area contributed by atoms with Gasteiger partial charge >= 0.3 is 0 Å². The van der Waals surface area contributed by atoms with Crippen molar-refractivity contribution in [2.75, 3.05) is 17.3 Å². The molecule has 13 heavy (non-hydrogen) atoms. The molecule has 0 bridgehead atoms. The summed E-state index contributed by atoms with van der Waals surface area (Å²) in [6, 6.07) is 4.03. The molecular weight excluding hydrogens is 220 g/mol. The highest BCUT2D eigenvalue weighted by atomic mass is 32.2. The van der Waals surface area contributed by atoms with Crippen molar-refractivity contribution in [1.29, 1.82) is 0 Å². The van der Waals surface area contributed by atoms with Crippen LogP contribution in [-0.2, 0) is 0 Å². The number of aliphatic hydroxyl groups is 1. The van der Waals surface area contributed by atoms with E-state index in [2.05, 4.69) is 0 Å². The second-order valence-corrected chi connectivity index (χ2v) is 6.42. The van der Waals surface area contributed by atoms with Crippen molar-refractivity contribution in [3.8, 4) is 0 Å². The average Bonchev–Trinajstić information content (AvgIpc) is 2.71. The number of rotatable bonds is 2. The van der Waals surface area contributed by atoms with Crippen LogP contribution in [0.1, 0.15) is 11.0 Å². The van der Waals surface area contributed by atoms with Gasteiger partial charge < -0.3 is 5.11 Å². The Bertz CT molecular complexity index is 241. The highest BCUT2D eigenvalue weighted by Crippen LogP contribution is 2.34. The third-order valence-corrected chi connectivity index (χ3v) is 5.82. The maximum absolute atomic E-state index is 10.0. The van der Waals surface area contributed by atoms with Crippen LogP contribution in [0.3, 0.4) is 0 Å². The van der Waals surface area contributed by atoms with Gasteiger partial charge in [0.15, 0.2) is 0 Å². The zero-order valence-electron chi connectivity index (χ0n) is 7.18. The first-order chi connectivity index (χ1) is 6.38. The molecule has 1 aliphatic heterocycles. The van der Waals surface area contributed by atoms with Crippen LogP contribution in [0.4, 0.5) is 0 Å². The summed E-state index contributed by atoms with van der Waals surface area (Å²) in [7, 11) is 0. The molecule has 1 aromatic rings. The van der Waals surface area contributed by atoms with Crippen LogP contribution in [0.15, 0.2) is 17.5 Å². The molecule has 0 aliphatic carbocycles. The highest BCUT2D eigenvalue weighted by Gasteiger charge is 2.24. The summed E-state index contributed by atoms with van der Waals surface area (Å²) in [5.41, 5.74) is 0. The zero-order valence-corrected chi connectivity index (χ0v) is 9.63. The second kappa shape index (κ2) is 4.73. The van der Waals surface area contributed by atoms with E-state index in [4.69, 9.17) is 0 Å². The summed E-state index contributed by atoms with van der Waals surface area (Å²) in [6.07, 6.45) is -0.252. The molecule has 4 heteroatoms. The fraction of sp³-hybridized carbons (Fsp3) is 0.556. The smallest absolute Gasteiger partial charge is 0.101 e. The van der Waals surface area contributed by atoms with Gasteiger partial charge in [-0.1, -0.05) is 6.07 Å². The molecule has 0 saturated carbocycles. The minimum absolute atomic E-state index is 0.252. The van der Waals surface area contributed by atoms with Gasteiger partial charge in [0.1, 0.15) is 6.10 Å². The monoisotopic (exact) mass is 232 g/mol. The molecule has 2 heterocycles. The van der Waals surface area contributed by atoms with Crippen LogP contribution >= 0.6 is 34.9 Å². The molecule has 1 N–H and O–H groups in total. The Morgan fingerprint density at radius 3 is 3.00 bits per heavy atom. The minimum Gasteiger partial charge on any atom is -0.386 e. The molecule has 0 spiro atoms. The molecule has 2 rings (SSSR count). The van der Waals surface area contributed by atoms with E-state index in [1.54, 1.807) is 11.3 Å². The van der Waals surface area contributed by atoms with Crippen LogP contribution in [0, 0.1) is 0 Å². The number of thioether (sulfide) groups is 2. The fourth-order valence-electron chi connectivity index (χ4n) is 1.33. The summed E-state index contributed by atoms with van der Waals surface area (Å²) in [6.45, 7) is 0. The summed E-state index contributed by atoms with van der Waals surface area (Å²) < 4.78 is 0. The predicted molar refractivity (Wildman–Crippen MR) is 62.8 cm³/mol. The van der Waals surface area contributed by atoms with Gasteiger partial charge in [0.25, 0.3) is 0 Å². The Hall–Kier alpha value is 0.360. The molecule has 1 aliphatic rings. The first kappa shape index (κ1) is 9.90. The van der Waals surface area contributed by atoms with Crippen LogP contribution < -0.4 is 0 Å². The van der Waals surface area contributed by atoms with Crippen LogP contribution in [-0.4, -0.2) is 27.6 Å². The zero-order chi connectivity index (χ0) is 9.10. The molecule has 2 unspecified atom stereocenters. The molecule has 1 saturated heterocycles. The van der Waals surface area contributed by atoms with Gasteiger partial charge in [-0.05, 0) is 11.4 Å². The van der Waals surface area contributed by atoms with Crippen LogP contribution in [0.25, 0.3) is 0 Å². The fourth-order valence-corrected chi connectivity index (χ4v) is 4.94. The van der Waals surface area contributed by atoms with E-state index < -0.39 is 0 Å². The van der Waals surface area contributed by atoms with E-state index in [9.17, 15) is 5.11 Å². The molecule has 1 fully saturated rings. The van der Waals surface area contributed by atoms with Crippen molar-refractivity contribution < 1.29 is 5.11 Å². The summed E-state index contributed by atoms with van der Waals surface area (Å²) in [4.78, 5) is 1.11. The van der Waals surface area contributed by atoms with Gasteiger partial charge in [-0.15, -0.1) is 11.3 Å². The summed E-state index contributed by atoms with van der Waals surface area (Å²) in [5.74, 6) is 3.50. The summed E-state index contributed by atoms with van der Waals surface area (Å²) in [5, 5.41) is 12.4. The Labute approximate surface area is 90.9 Å². The van der Waals surface area contributed by atoms with Gasteiger partial charge in [0, 0.05) is 27.4 Å². The molecule has 0 aromatic carbocycles. The number of thiophene rings is 1. The average molecular weight is 232 g/mol. The Morgan fingerprint density at radius 2 is 2.38 bits per heavy atom. The van der Waals surface area contributed by atoms with Crippen molar-refractivity contribution in [3.63, 3.8) is 0 Å². The largest absolute Gasteiger partial charge is 0.386 e. The lowest BCUT2D eigenvalue weighted by Crippen LogP contribution is -2.21. The lowest BCUT2D eigenvalue weighted by Gasteiger charge is -2.24. The predicted octanol–water partition coefficient (Wildman–Crippen LogP) is 2.63. The standard InChI is InChI=1S/C9H12OS3/c10-9(7-2-1-3-12-7)8-6-11-4-5-13-8/h1-3,8-10H,4-6H2. The van der Waals surface area contributed by atoms with Gasteiger partial charge in [-0.25, -0.2) is 0 Å².